The van der Waals surface area contributed by atoms with Gasteiger partial charge in [0.1, 0.15) is 30.3 Å². The highest BCUT2D eigenvalue weighted by Crippen LogP contribution is 2.30. The fraction of sp³-hybridized carbons (Fsp3) is 0.821. The van der Waals surface area contributed by atoms with Crippen molar-refractivity contribution in [1.82, 2.24) is 45.0 Å². The average molecular weight is 827 g/mol. The Bertz CT molecular complexity index is 1620. The zero-order chi connectivity index (χ0) is 40.8. The number of aromatic nitrogens is 9. The highest BCUT2D eigenvalue weighted by Gasteiger charge is 2.35. The SMILES string of the molecule is [N-]=[N+]=NCCOCCOCCOCC(=O)OCC(COCc1cn(C2CCCCC2)nn1)(COCc1cn(C2CCCCC2)nn1)COCc1cn(C2CCCC2)nn1. The third-order valence-corrected chi connectivity index (χ3v) is 11.1. The highest BCUT2D eigenvalue weighted by molar-refractivity contribution is 5.70. The van der Waals surface area contributed by atoms with Crippen LogP contribution in [0.25, 0.3) is 10.4 Å². The molecular formula is C39H62N12O8. The van der Waals surface area contributed by atoms with E-state index in [9.17, 15) is 4.79 Å². The molecule has 3 heterocycles. The van der Waals surface area contributed by atoms with Gasteiger partial charge in [-0.05, 0) is 44.1 Å². The van der Waals surface area contributed by atoms with Gasteiger partial charge in [-0.25, -0.2) is 18.8 Å². The Balaban J connectivity index is 1.06. The minimum absolute atomic E-state index is 0.0584. The van der Waals surface area contributed by atoms with Crippen molar-refractivity contribution in [3.8, 4) is 0 Å². The van der Waals surface area contributed by atoms with Gasteiger partial charge < -0.3 is 33.2 Å². The second kappa shape index (κ2) is 24.9. The molecule has 0 aliphatic heterocycles. The first-order chi connectivity index (χ1) is 29.1. The van der Waals surface area contributed by atoms with E-state index in [-0.39, 0.29) is 72.6 Å². The first-order valence-electron chi connectivity index (χ1n) is 21.4. The molecule has 0 unspecified atom stereocenters. The smallest absolute Gasteiger partial charge is 0.332 e. The molecule has 0 bridgehead atoms. The lowest BCUT2D eigenvalue weighted by Crippen LogP contribution is -2.42. The summed E-state index contributed by atoms with van der Waals surface area (Å²) in [4.78, 5) is 15.7. The van der Waals surface area contributed by atoms with Gasteiger partial charge in [0.25, 0.3) is 0 Å². The van der Waals surface area contributed by atoms with E-state index in [1.165, 1.54) is 51.4 Å². The van der Waals surface area contributed by atoms with Crippen LogP contribution in [0.4, 0.5) is 0 Å². The Kier molecular flexibility index (Phi) is 18.8. The summed E-state index contributed by atoms with van der Waals surface area (Å²) in [6, 6.07) is 1.09. The second-order valence-electron chi connectivity index (χ2n) is 16.0. The van der Waals surface area contributed by atoms with E-state index in [1.54, 1.807) is 0 Å². The predicted molar refractivity (Wildman–Crippen MR) is 211 cm³/mol. The molecule has 20 heteroatoms. The molecule has 20 nitrogen and oxygen atoms in total. The zero-order valence-electron chi connectivity index (χ0n) is 34.4. The number of ether oxygens (including phenoxy) is 7. The Morgan fingerprint density at radius 3 is 1.44 bits per heavy atom. The lowest BCUT2D eigenvalue weighted by atomic mass is 9.92. The van der Waals surface area contributed by atoms with E-state index < -0.39 is 11.4 Å². The maximum absolute atomic E-state index is 13.0. The van der Waals surface area contributed by atoms with E-state index >= 15 is 0 Å². The van der Waals surface area contributed by atoms with Crippen LogP contribution in [0.1, 0.15) is 125 Å². The van der Waals surface area contributed by atoms with Gasteiger partial charge in [-0.1, -0.05) is 72.1 Å². The van der Waals surface area contributed by atoms with E-state index in [2.05, 4.69) is 41.0 Å². The largest absolute Gasteiger partial charge is 0.463 e. The number of nitrogens with zero attached hydrogens (tertiary/aromatic N) is 12. The maximum atomic E-state index is 13.0. The van der Waals surface area contributed by atoms with E-state index in [0.717, 1.165) is 55.6 Å². The topological polar surface area (TPSA) is 223 Å². The summed E-state index contributed by atoms with van der Waals surface area (Å²) < 4.78 is 47.1. The summed E-state index contributed by atoms with van der Waals surface area (Å²) in [7, 11) is 0. The molecule has 0 saturated heterocycles. The lowest BCUT2D eigenvalue weighted by Gasteiger charge is -2.32. The van der Waals surface area contributed by atoms with Crippen molar-refractivity contribution < 1.29 is 38.0 Å². The van der Waals surface area contributed by atoms with Crippen LogP contribution >= 0.6 is 0 Å². The van der Waals surface area contributed by atoms with Crippen molar-refractivity contribution in [2.24, 2.45) is 10.5 Å². The fourth-order valence-electron chi connectivity index (χ4n) is 7.92. The molecule has 0 N–H and O–H groups in total. The first-order valence-corrected chi connectivity index (χ1v) is 21.4. The molecule has 3 aromatic rings. The number of azide groups is 1. The molecule has 0 radical (unpaired) electrons. The van der Waals surface area contributed by atoms with E-state index in [4.69, 9.17) is 38.7 Å². The Morgan fingerprint density at radius 2 is 1.00 bits per heavy atom. The van der Waals surface area contributed by atoms with Crippen molar-refractivity contribution in [2.45, 2.75) is 128 Å². The molecule has 3 aliphatic rings. The molecule has 59 heavy (non-hydrogen) atoms. The van der Waals surface area contributed by atoms with Crippen LogP contribution in [0, 0.1) is 5.41 Å². The van der Waals surface area contributed by atoms with Crippen LogP contribution in [0.15, 0.2) is 23.7 Å². The van der Waals surface area contributed by atoms with Gasteiger partial charge in [0.2, 0.25) is 0 Å². The van der Waals surface area contributed by atoms with Crippen LogP contribution < -0.4 is 0 Å². The molecule has 0 atom stereocenters. The zero-order valence-corrected chi connectivity index (χ0v) is 34.4. The fourth-order valence-corrected chi connectivity index (χ4v) is 7.92. The molecule has 0 amide bonds. The second-order valence-corrected chi connectivity index (χ2v) is 16.0. The predicted octanol–water partition coefficient (Wildman–Crippen LogP) is 5.43. The molecule has 3 aliphatic carbocycles. The summed E-state index contributed by atoms with van der Waals surface area (Å²) in [6.45, 7) is 2.51. The summed E-state index contributed by atoms with van der Waals surface area (Å²) in [5.74, 6) is -0.541. The van der Waals surface area contributed by atoms with E-state index in [1.807, 2.05) is 32.6 Å². The van der Waals surface area contributed by atoms with Gasteiger partial charge in [0, 0.05) is 11.5 Å². The molecule has 0 spiro atoms. The van der Waals surface area contributed by atoms with Crippen molar-refractivity contribution in [1.29, 1.82) is 0 Å². The number of rotatable bonds is 28. The average Bonchev–Trinajstić information content (AvgIpc) is 4.12. The number of hydrogen-bond acceptors (Lipinski definition) is 15. The molecular weight excluding hydrogens is 765 g/mol. The molecule has 6 rings (SSSR count). The summed E-state index contributed by atoms with van der Waals surface area (Å²) in [6.07, 6.45) is 22.2. The highest BCUT2D eigenvalue weighted by atomic mass is 16.6. The molecule has 3 fully saturated rings. The summed E-state index contributed by atoms with van der Waals surface area (Å²) in [5.41, 5.74) is 9.57. The number of esters is 1. The van der Waals surface area contributed by atoms with Crippen molar-refractivity contribution in [3.63, 3.8) is 0 Å². The summed E-state index contributed by atoms with van der Waals surface area (Å²) >= 11 is 0. The van der Waals surface area contributed by atoms with Crippen LogP contribution in [0.3, 0.4) is 0 Å². The maximum Gasteiger partial charge on any atom is 0.332 e. The normalized spacial score (nSPS) is 17.1. The lowest BCUT2D eigenvalue weighted by molar-refractivity contribution is -0.162. The number of carbonyl (C=O) groups excluding carboxylic acids is 1. The van der Waals surface area contributed by atoms with Crippen LogP contribution in [-0.4, -0.2) is 124 Å². The van der Waals surface area contributed by atoms with Gasteiger partial charge in [-0.3, -0.25) is 0 Å². The molecule has 0 aromatic carbocycles. The van der Waals surface area contributed by atoms with Gasteiger partial charge in [0.05, 0.1) is 115 Å². The van der Waals surface area contributed by atoms with Gasteiger partial charge >= 0.3 is 5.97 Å². The minimum atomic E-state index is -0.919. The summed E-state index contributed by atoms with van der Waals surface area (Å²) in [5, 5.41) is 29.8. The molecule has 326 valence electrons. The molecule has 3 saturated carbocycles. The Labute approximate surface area is 345 Å². The number of hydrogen-bond donors (Lipinski definition) is 0. The van der Waals surface area contributed by atoms with Crippen LogP contribution in [-0.2, 0) is 57.8 Å². The Hall–Kier alpha value is -4.04. The standard InChI is InChI=1S/C39H62N12O8/c40-45-41-15-16-53-17-18-54-19-20-55-27-38(52)59-31-39(30-58-26-34-23-51(48-44-34)37-13-7-8-14-37,28-56-24-32-21-49(46-42-32)35-9-3-1-4-10-35)29-57-25-33-22-50(47-43-33)36-11-5-2-6-12-36/h21-23,35-37H,1-20,24-31H2. The van der Waals surface area contributed by atoms with Crippen LogP contribution in [0.2, 0.25) is 0 Å². The van der Waals surface area contributed by atoms with Crippen molar-refractivity contribution in [3.05, 3.63) is 46.1 Å². The van der Waals surface area contributed by atoms with Crippen LogP contribution in [0.5, 0.6) is 0 Å². The monoisotopic (exact) mass is 826 g/mol. The van der Waals surface area contributed by atoms with E-state index in [0.29, 0.717) is 37.9 Å². The van der Waals surface area contributed by atoms with Gasteiger partial charge in [0.15, 0.2) is 0 Å². The van der Waals surface area contributed by atoms with Gasteiger partial charge in [-0.15, -0.1) is 15.3 Å². The first kappa shape index (κ1) is 44.5. The van der Waals surface area contributed by atoms with Crippen molar-refractivity contribution in [2.75, 3.05) is 72.6 Å². The van der Waals surface area contributed by atoms with Gasteiger partial charge in [-0.2, -0.15) is 0 Å². The van der Waals surface area contributed by atoms with Crippen molar-refractivity contribution >= 4 is 5.97 Å². The molecule has 3 aromatic heterocycles. The minimum Gasteiger partial charge on any atom is -0.463 e. The third kappa shape index (κ3) is 15.2. The quantitative estimate of drug-likeness (QED) is 0.0293. The third-order valence-electron chi connectivity index (χ3n) is 11.1. The number of carbonyl (C=O) groups is 1. The Morgan fingerprint density at radius 1 is 0.593 bits per heavy atom.